The summed E-state index contributed by atoms with van der Waals surface area (Å²) in [4.78, 5) is 35.6. The molecule has 0 aromatic heterocycles. The van der Waals surface area contributed by atoms with E-state index >= 15 is 0 Å². The van der Waals surface area contributed by atoms with E-state index in [1.54, 1.807) is 13.8 Å². The predicted octanol–water partition coefficient (Wildman–Crippen LogP) is 7.37. The summed E-state index contributed by atoms with van der Waals surface area (Å²) in [5.41, 5.74) is -1.16. The molecule has 2 saturated heterocycles. The third kappa shape index (κ3) is 6.33. The van der Waals surface area contributed by atoms with Gasteiger partial charge in [-0.2, -0.15) is 0 Å². The smallest absolute Gasteiger partial charge is 0.457 e. The highest BCUT2D eigenvalue weighted by Crippen LogP contribution is 2.82. The van der Waals surface area contributed by atoms with Crippen LogP contribution in [0.15, 0.2) is 24.3 Å². The summed E-state index contributed by atoms with van der Waals surface area (Å²) in [6.07, 6.45) is 6.75. The Labute approximate surface area is 296 Å². The third-order valence-corrected chi connectivity index (χ3v) is 14.3. The van der Waals surface area contributed by atoms with Crippen LogP contribution in [-0.2, 0) is 19.0 Å². The molecule has 11 atom stereocenters. The molecule has 0 radical (unpaired) electrons. The summed E-state index contributed by atoms with van der Waals surface area (Å²) in [5.74, 6) is 0.839. The van der Waals surface area contributed by atoms with E-state index in [1.165, 1.54) is 37.6 Å². The number of benzene rings is 1. The Bertz CT molecular complexity index is 1460. The molecule has 278 valence electrons. The van der Waals surface area contributed by atoms with Crippen LogP contribution in [0.25, 0.3) is 0 Å². The molecule has 0 bridgehead atoms. The van der Waals surface area contributed by atoms with Crippen LogP contribution in [-0.4, -0.2) is 64.8 Å². The Kier molecular flexibility index (Phi) is 9.64. The van der Waals surface area contributed by atoms with E-state index in [4.69, 9.17) is 18.9 Å². The van der Waals surface area contributed by atoms with Gasteiger partial charge in [-0.3, -0.25) is 14.9 Å². The van der Waals surface area contributed by atoms with Crippen molar-refractivity contribution in [3.8, 4) is 5.75 Å². The molecule has 5 fully saturated rings. The Hall–Kier alpha value is -2.76. The number of aliphatic hydroxyl groups is 1. The minimum Gasteiger partial charge on any atom is -0.457 e. The van der Waals surface area contributed by atoms with Gasteiger partial charge in [-0.05, 0) is 111 Å². The van der Waals surface area contributed by atoms with E-state index in [0.29, 0.717) is 23.8 Å². The molecule has 3 saturated carbocycles. The first-order valence-corrected chi connectivity index (χ1v) is 18.8. The lowest BCUT2D eigenvalue weighted by atomic mass is 9.52. The molecule has 0 amide bonds. The Morgan fingerprint density at radius 1 is 1.10 bits per heavy atom. The van der Waals surface area contributed by atoms with Crippen LogP contribution in [0.5, 0.6) is 5.75 Å². The molecule has 11 heteroatoms. The van der Waals surface area contributed by atoms with Gasteiger partial charge in [0.15, 0.2) is 6.10 Å². The lowest BCUT2D eigenvalue weighted by molar-refractivity contribution is -0.384. The maximum absolute atomic E-state index is 13.0. The summed E-state index contributed by atoms with van der Waals surface area (Å²) >= 11 is 0. The van der Waals surface area contributed by atoms with Gasteiger partial charge in [-0.15, -0.1) is 0 Å². The maximum Gasteiger partial charge on any atom is 0.514 e. The van der Waals surface area contributed by atoms with Crippen molar-refractivity contribution in [3.63, 3.8) is 0 Å². The number of nitro groups is 1. The molecule has 6 rings (SSSR count). The average molecular weight is 699 g/mol. The highest BCUT2D eigenvalue weighted by atomic mass is 16.7. The molecular weight excluding hydrogens is 640 g/mol. The molecule has 50 heavy (non-hydrogen) atoms. The van der Waals surface area contributed by atoms with Crippen LogP contribution in [0, 0.1) is 49.5 Å². The van der Waals surface area contributed by atoms with Crippen LogP contribution < -0.4 is 10.1 Å². The molecule has 2 N–H and O–H groups in total. The monoisotopic (exact) mass is 698 g/mol. The molecule has 2 aliphatic heterocycles. The average Bonchev–Trinajstić information content (AvgIpc) is 3.70. The zero-order valence-corrected chi connectivity index (χ0v) is 31.2. The number of nitrogens with zero attached hydrogens (tertiary/aromatic N) is 1. The quantitative estimate of drug-likeness (QED) is 0.128. The van der Waals surface area contributed by atoms with Gasteiger partial charge in [0.05, 0.1) is 22.7 Å². The van der Waals surface area contributed by atoms with Crippen molar-refractivity contribution in [2.45, 2.75) is 149 Å². The number of rotatable bonds is 7. The molecule has 2 spiro atoms. The predicted molar refractivity (Wildman–Crippen MR) is 186 cm³/mol. The highest BCUT2D eigenvalue weighted by molar-refractivity contribution is 5.66. The summed E-state index contributed by atoms with van der Waals surface area (Å²) in [6.45, 7) is 17.1. The minimum absolute atomic E-state index is 0.0558. The van der Waals surface area contributed by atoms with Gasteiger partial charge >= 0.3 is 12.1 Å². The van der Waals surface area contributed by atoms with Gasteiger partial charge in [0, 0.05) is 37.1 Å². The molecule has 1 aromatic rings. The van der Waals surface area contributed by atoms with Crippen molar-refractivity contribution in [1.82, 2.24) is 5.32 Å². The number of fused-ring (bicyclic) bond motifs is 1. The number of carbonyl (C=O) groups is 2. The van der Waals surface area contributed by atoms with Crippen molar-refractivity contribution in [2.75, 3.05) is 6.54 Å². The van der Waals surface area contributed by atoms with Crippen molar-refractivity contribution in [2.24, 2.45) is 39.4 Å². The second kappa shape index (κ2) is 13.0. The fraction of sp³-hybridized carbons (Fsp3) is 0.795. The van der Waals surface area contributed by atoms with Crippen LogP contribution in [0.3, 0.4) is 0 Å². The van der Waals surface area contributed by atoms with E-state index in [-0.39, 0.29) is 51.4 Å². The van der Waals surface area contributed by atoms with E-state index in [2.05, 4.69) is 39.9 Å². The summed E-state index contributed by atoms with van der Waals surface area (Å²) in [7, 11) is 0. The Morgan fingerprint density at radius 3 is 2.42 bits per heavy atom. The summed E-state index contributed by atoms with van der Waals surface area (Å²) < 4.78 is 24.1. The first-order valence-electron chi connectivity index (χ1n) is 18.8. The zero-order chi connectivity index (χ0) is 36.4. The Morgan fingerprint density at radius 2 is 1.80 bits per heavy atom. The third-order valence-electron chi connectivity index (χ3n) is 14.3. The van der Waals surface area contributed by atoms with E-state index in [1.807, 2.05) is 0 Å². The zero-order valence-electron chi connectivity index (χ0n) is 31.2. The molecule has 3 aliphatic carbocycles. The van der Waals surface area contributed by atoms with E-state index < -0.39 is 28.8 Å². The largest absolute Gasteiger partial charge is 0.514 e. The van der Waals surface area contributed by atoms with Crippen molar-refractivity contribution >= 4 is 17.8 Å². The summed E-state index contributed by atoms with van der Waals surface area (Å²) in [5, 5.41) is 26.1. The van der Waals surface area contributed by atoms with Gasteiger partial charge in [0.1, 0.15) is 11.9 Å². The number of non-ortho nitro benzene ring substituents is 1. The van der Waals surface area contributed by atoms with E-state index in [0.717, 1.165) is 57.9 Å². The summed E-state index contributed by atoms with van der Waals surface area (Å²) in [6, 6.07) is 5.81. The first kappa shape index (κ1) is 37.0. The SMILES string of the molecule is CC[C@]1(C)CC[C@@]23C[C@@]24CC[C@H](OC(=O)Oc2ccc([N+](=O)[O-])cc2)C(C)(C)C4CC[C@H]3NCC2OC([C@H](OC(C)=O)C(C)(C)O)C[C@@H](C)C21. The second-order valence-corrected chi connectivity index (χ2v) is 17.8. The molecule has 4 unspecified atom stereocenters. The molecular formula is C39H58N2O9. The number of ether oxygens (including phenoxy) is 4. The fourth-order valence-electron chi connectivity index (χ4n) is 11.8. The lowest BCUT2D eigenvalue weighted by Gasteiger charge is -2.55. The minimum atomic E-state index is -1.23. The molecule has 5 aliphatic rings. The van der Waals surface area contributed by atoms with Crippen LogP contribution >= 0.6 is 0 Å². The fourth-order valence-corrected chi connectivity index (χ4v) is 11.8. The molecule has 1 aromatic carbocycles. The molecule has 2 heterocycles. The number of nitro benzene ring substituents is 1. The normalized spacial score (nSPS) is 39.7. The number of hydrogen-bond acceptors (Lipinski definition) is 10. The number of hydrogen-bond donors (Lipinski definition) is 2. The number of carbonyl (C=O) groups excluding carboxylic acids is 2. The topological polar surface area (TPSA) is 146 Å². The van der Waals surface area contributed by atoms with Crippen molar-refractivity contribution < 1.29 is 38.6 Å². The Balaban J connectivity index is 1.19. The van der Waals surface area contributed by atoms with Gasteiger partial charge in [0.25, 0.3) is 5.69 Å². The van der Waals surface area contributed by atoms with Crippen LogP contribution in [0.4, 0.5) is 10.5 Å². The van der Waals surface area contributed by atoms with Crippen molar-refractivity contribution in [3.05, 3.63) is 34.4 Å². The van der Waals surface area contributed by atoms with Gasteiger partial charge in [-0.25, -0.2) is 4.79 Å². The van der Waals surface area contributed by atoms with E-state index in [9.17, 15) is 24.8 Å². The standard InChI is InChI=1S/C39H58N2O9/c1-9-37(8)18-19-39-22-38(39)17-16-31(50-34(43)48-26-12-10-25(11-13-26)41(45)46)35(4,5)29(38)14-15-30(39)40-21-28-32(37)23(2)20-27(49-28)33(36(6,7)44)47-24(3)42/h10-13,23,27-33,40,44H,9,14-22H2,1-8H3/t23-,27?,28?,29?,30-,31+,32?,33+,37-,38-,39+/m1/s1. The van der Waals surface area contributed by atoms with Crippen LogP contribution in [0.2, 0.25) is 0 Å². The number of nitrogens with one attached hydrogen (secondary N) is 1. The molecule has 11 nitrogen and oxygen atoms in total. The van der Waals surface area contributed by atoms with Crippen LogP contribution in [0.1, 0.15) is 113 Å². The van der Waals surface area contributed by atoms with Gasteiger partial charge < -0.3 is 29.4 Å². The first-order chi connectivity index (χ1) is 23.4. The second-order valence-electron chi connectivity index (χ2n) is 17.8. The lowest BCUT2D eigenvalue weighted by Crippen LogP contribution is -2.58. The van der Waals surface area contributed by atoms with Gasteiger partial charge in [0.2, 0.25) is 0 Å². The van der Waals surface area contributed by atoms with Crippen molar-refractivity contribution in [1.29, 1.82) is 0 Å². The van der Waals surface area contributed by atoms with Gasteiger partial charge in [-0.1, -0.05) is 41.0 Å². The maximum atomic E-state index is 13.0. The highest BCUT2D eigenvalue weighted by Gasteiger charge is 2.77. The number of esters is 1.